The van der Waals surface area contributed by atoms with Gasteiger partial charge >= 0.3 is 5.97 Å². The van der Waals surface area contributed by atoms with Crippen LogP contribution < -0.4 is 5.56 Å². The molecule has 1 fully saturated rings. The Hall–Kier alpha value is -2.26. The fraction of sp³-hybridized carbons (Fsp3) is 0.429. The molecule has 2 aromatic rings. The lowest BCUT2D eigenvalue weighted by Crippen LogP contribution is -2.52. The number of aliphatic carboxylic acids is 1. The minimum absolute atomic E-state index is 0.0264. The first-order valence-corrected chi connectivity index (χ1v) is 7.92. The molecule has 0 radical (unpaired) electrons. The molecular weight excluding hydrogens is 322 g/mol. The Morgan fingerprint density at radius 2 is 2.26 bits per heavy atom. The molecule has 0 spiro atoms. The number of aromatic nitrogens is 2. The molecule has 0 bridgehead atoms. The molecule has 1 saturated heterocycles. The van der Waals surface area contributed by atoms with E-state index in [9.17, 15) is 14.4 Å². The largest absolute Gasteiger partial charge is 0.479 e. The Labute approximate surface area is 134 Å². The summed E-state index contributed by atoms with van der Waals surface area (Å²) < 4.78 is 6.52. The Morgan fingerprint density at radius 3 is 3.00 bits per heavy atom. The van der Waals surface area contributed by atoms with Crippen LogP contribution >= 0.6 is 11.3 Å². The second-order valence-corrected chi connectivity index (χ2v) is 6.28. The van der Waals surface area contributed by atoms with Gasteiger partial charge in [0.1, 0.15) is 11.4 Å². The Balaban J connectivity index is 1.78. The Bertz CT molecular complexity index is 814. The first-order chi connectivity index (χ1) is 11.0. The zero-order valence-electron chi connectivity index (χ0n) is 12.3. The molecule has 1 N–H and O–H groups in total. The summed E-state index contributed by atoms with van der Waals surface area (Å²) in [4.78, 5) is 41.9. The molecule has 9 heteroatoms. The van der Waals surface area contributed by atoms with Crippen LogP contribution in [0.1, 0.15) is 6.92 Å². The fourth-order valence-corrected chi connectivity index (χ4v) is 3.27. The molecule has 1 unspecified atom stereocenters. The van der Waals surface area contributed by atoms with Gasteiger partial charge in [0, 0.05) is 6.54 Å². The van der Waals surface area contributed by atoms with Gasteiger partial charge in [0.15, 0.2) is 6.10 Å². The van der Waals surface area contributed by atoms with E-state index < -0.39 is 12.1 Å². The second-order valence-electron chi connectivity index (χ2n) is 5.39. The van der Waals surface area contributed by atoms with Gasteiger partial charge < -0.3 is 14.7 Å². The normalized spacial score (nSPS) is 21.5. The lowest BCUT2D eigenvalue weighted by atomic mass is 10.2. The summed E-state index contributed by atoms with van der Waals surface area (Å²) in [6.45, 7) is 1.81. The predicted octanol–water partition coefficient (Wildman–Crippen LogP) is 0.158. The molecule has 122 valence electrons. The molecule has 2 aromatic heterocycles. The topological polar surface area (TPSA) is 102 Å². The summed E-state index contributed by atoms with van der Waals surface area (Å²) in [6.07, 6.45) is -0.0719. The number of fused-ring (bicyclic) bond motifs is 1. The number of amides is 1. The predicted molar refractivity (Wildman–Crippen MR) is 82.4 cm³/mol. The van der Waals surface area contributed by atoms with Crippen molar-refractivity contribution in [2.24, 2.45) is 0 Å². The van der Waals surface area contributed by atoms with E-state index in [1.54, 1.807) is 18.4 Å². The smallest absolute Gasteiger partial charge is 0.334 e. The molecule has 3 heterocycles. The number of carbonyl (C=O) groups is 2. The number of ether oxygens (including phenoxy) is 1. The summed E-state index contributed by atoms with van der Waals surface area (Å²) in [5.41, 5.74) is -0.277. The number of rotatable bonds is 3. The van der Waals surface area contributed by atoms with Crippen molar-refractivity contribution in [3.05, 3.63) is 28.1 Å². The second kappa shape index (κ2) is 6.09. The zero-order chi connectivity index (χ0) is 16.6. The number of morpholine rings is 1. The van der Waals surface area contributed by atoms with Crippen molar-refractivity contribution in [2.75, 3.05) is 13.1 Å². The molecule has 0 saturated carbocycles. The van der Waals surface area contributed by atoms with Crippen molar-refractivity contribution in [1.82, 2.24) is 14.5 Å². The van der Waals surface area contributed by atoms with Gasteiger partial charge in [0.05, 0.1) is 24.4 Å². The van der Waals surface area contributed by atoms with Crippen LogP contribution in [0.3, 0.4) is 0 Å². The molecule has 0 aliphatic carbocycles. The Morgan fingerprint density at radius 1 is 1.48 bits per heavy atom. The molecule has 8 nitrogen and oxygen atoms in total. The third-order valence-corrected chi connectivity index (χ3v) is 4.47. The molecule has 0 aromatic carbocycles. The summed E-state index contributed by atoms with van der Waals surface area (Å²) in [5, 5.41) is 11.3. The highest BCUT2D eigenvalue weighted by molar-refractivity contribution is 7.16. The standard InChI is InChI=1S/C14H15N3O5S/c1-8-4-16(5-10(22-8)14(20)21)11(18)6-17-7-15-12-9(13(17)19)2-3-23-12/h2-3,7-8,10H,4-6H2,1H3,(H,20,21)/t8-,10?/m1/s1. The van der Waals surface area contributed by atoms with Crippen LogP contribution in [0.5, 0.6) is 0 Å². The maximum Gasteiger partial charge on any atom is 0.334 e. The van der Waals surface area contributed by atoms with Gasteiger partial charge in [0.25, 0.3) is 5.56 Å². The minimum atomic E-state index is -1.10. The van der Waals surface area contributed by atoms with E-state index in [-0.39, 0.29) is 30.7 Å². The highest BCUT2D eigenvalue weighted by atomic mass is 32.1. The SMILES string of the molecule is C[C@@H]1CN(C(=O)Cn2cnc3sccc3c2=O)CC(C(=O)O)O1. The van der Waals surface area contributed by atoms with Gasteiger partial charge in [-0.05, 0) is 18.4 Å². The van der Waals surface area contributed by atoms with Crippen LogP contribution in [-0.2, 0) is 20.9 Å². The molecule has 23 heavy (non-hydrogen) atoms. The summed E-state index contributed by atoms with van der Waals surface area (Å²) >= 11 is 1.36. The number of nitrogens with zero attached hydrogens (tertiary/aromatic N) is 3. The van der Waals surface area contributed by atoms with Gasteiger partial charge in [-0.1, -0.05) is 0 Å². The van der Waals surface area contributed by atoms with Crippen molar-refractivity contribution >= 4 is 33.4 Å². The first kappa shape index (κ1) is 15.6. The highest BCUT2D eigenvalue weighted by Crippen LogP contribution is 2.14. The number of carbonyl (C=O) groups excluding carboxylic acids is 1. The first-order valence-electron chi connectivity index (χ1n) is 7.04. The van der Waals surface area contributed by atoms with E-state index in [4.69, 9.17) is 9.84 Å². The lowest BCUT2D eigenvalue weighted by molar-refractivity contribution is -0.166. The van der Waals surface area contributed by atoms with E-state index in [2.05, 4.69) is 4.98 Å². The zero-order valence-corrected chi connectivity index (χ0v) is 13.2. The van der Waals surface area contributed by atoms with E-state index in [0.717, 1.165) is 0 Å². The van der Waals surface area contributed by atoms with E-state index in [1.807, 2.05) is 0 Å². The number of thiophene rings is 1. The molecule has 3 rings (SSSR count). The average Bonchev–Trinajstić information content (AvgIpc) is 2.98. The van der Waals surface area contributed by atoms with Gasteiger partial charge in [-0.3, -0.25) is 14.2 Å². The van der Waals surface area contributed by atoms with Crippen molar-refractivity contribution in [2.45, 2.75) is 25.7 Å². The summed E-state index contributed by atoms with van der Waals surface area (Å²) in [7, 11) is 0. The Kier molecular flexibility index (Phi) is 4.14. The maximum absolute atomic E-state index is 12.4. The quantitative estimate of drug-likeness (QED) is 0.856. The van der Waals surface area contributed by atoms with Crippen LogP contribution in [0, 0.1) is 0 Å². The van der Waals surface area contributed by atoms with Gasteiger partial charge in [-0.2, -0.15) is 0 Å². The van der Waals surface area contributed by atoms with Crippen LogP contribution in [-0.4, -0.2) is 56.7 Å². The minimum Gasteiger partial charge on any atom is -0.479 e. The molecular formula is C14H15N3O5S. The lowest BCUT2D eigenvalue weighted by Gasteiger charge is -2.35. The van der Waals surface area contributed by atoms with Crippen LogP contribution in [0.4, 0.5) is 0 Å². The number of hydrogen-bond acceptors (Lipinski definition) is 6. The maximum atomic E-state index is 12.4. The van der Waals surface area contributed by atoms with Gasteiger partial charge in [0.2, 0.25) is 5.91 Å². The molecule has 2 atom stereocenters. The van der Waals surface area contributed by atoms with Crippen LogP contribution in [0.2, 0.25) is 0 Å². The molecule has 1 aliphatic heterocycles. The molecule has 1 amide bonds. The average molecular weight is 337 g/mol. The number of carboxylic acid groups (broad SMARTS) is 1. The van der Waals surface area contributed by atoms with Gasteiger partial charge in [-0.15, -0.1) is 11.3 Å². The fourth-order valence-electron chi connectivity index (χ4n) is 2.54. The number of hydrogen-bond donors (Lipinski definition) is 1. The third kappa shape index (κ3) is 3.10. The van der Waals surface area contributed by atoms with E-state index in [1.165, 1.54) is 27.1 Å². The third-order valence-electron chi connectivity index (χ3n) is 3.64. The van der Waals surface area contributed by atoms with Crippen LogP contribution in [0.15, 0.2) is 22.6 Å². The van der Waals surface area contributed by atoms with Gasteiger partial charge in [-0.25, -0.2) is 9.78 Å². The highest BCUT2D eigenvalue weighted by Gasteiger charge is 2.32. The van der Waals surface area contributed by atoms with Crippen molar-refractivity contribution in [1.29, 1.82) is 0 Å². The van der Waals surface area contributed by atoms with Crippen molar-refractivity contribution < 1.29 is 19.4 Å². The van der Waals surface area contributed by atoms with E-state index in [0.29, 0.717) is 16.8 Å². The van der Waals surface area contributed by atoms with Crippen molar-refractivity contribution in [3.63, 3.8) is 0 Å². The number of carboxylic acids is 1. The van der Waals surface area contributed by atoms with Crippen molar-refractivity contribution in [3.8, 4) is 0 Å². The monoisotopic (exact) mass is 337 g/mol. The summed E-state index contributed by atoms with van der Waals surface area (Å²) in [6, 6.07) is 1.67. The molecule has 1 aliphatic rings. The summed E-state index contributed by atoms with van der Waals surface area (Å²) in [5.74, 6) is -1.43. The van der Waals surface area contributed by atoms with Crippen LogP contribution in [0.25, 0.3) is 10.2 Å². The van der Waals surface area contributed by atoms with E-state index >= 15 is 0 Å².